The number of carbonyl (C=O) groups is 1. The molecule has 0 atom stereocenters. The molecule has 0 unspecified atom stereocenters. The van der Waals surface area contributed by atoms with Crippen LogP contribution < -0.4 is 5.32 Å². The van der Waals surface area contributed by atoms with E-state index in [2.05, 4.69) is 29.9 Å². The Bertz CT molecular complexity index is 1220. The van der Waals surface area contributed by atoms with Crippen LogP contribution in [0.2, 0.25) is 0 Å². The predicted molar refractivity (Wildman–Crippen MR) is 123 cm³/mol. The van der Waals surface area contributed by atoms with Gasteiger partial charge in [-0.1, -0.05) is 23.9 Å². The SMILES string of the molecule is Cc1nsc(NC(=O)c2nc(Sc3nncn3C)ccc2Sc2ccc(CCO)cc2)n1. The van der Waals surface area contributed by atoms with Gasteiger partial charge in [-0.15, -0.1) is 10.2 Å². The molecule has 1 aromatic carbocycles. The number of hydrogen-bond acceptors (Lipinski definition) is 10. The summed E-state index contributed by atoms with van der Waals surface area (Å²) in [6.45, 7) is 1.88. The fourth-order valence-electron chi connectivity index (χ4n) is 2.67. The van der Waals surface area contributed by atoms with Crippen molar-refractivity contribution in [3.63, 3.8) is 0 Å². The number of aliphatic hydroxyl groups excluding tert-OH is 1. The summed E-state index contributed by atoms with van der Waals surface area (Å²) in [6.07, 6.45) is 2.22. The third kappa shape index (κ3) is 5.51. The van der Waals surface area contributed by atoms with E-state index in [0.29, 0.717) is 32.5 Å². The molecule has 32 heavy (non-hydrogen) atoms. The maximum atomic E-state index is 13.1. The second kappa shape index (κ2) is 10.2. The molecule has 0 saturated carbocycles. The van der Waals surface area contributed by atoms with Gasteiger partial charge in [-0.3, -0.25) is 10.1 Å². The van der Waals surface area contributed by atoms with Crippen molar-refractivity contribution in [2.75, 3.05) is 11.9 Å². The molecule has 9 nitrogen and oxygen atoms in total. The number of nitrogens with one attached hydrogen (secondary N) is 1. The zero-order valence-electron chi connectivity index (χ0n) is 17.2. The van der Waals surface area contributed by atoms with Crippen molar-refractivity contribution in [3.8, 4) is 0 Å². The molecule has 0 aliphatic heterocycles. The Morgan fingerprint density at radius 3 is 2.62 bits per heavy atom. The first-order valence-electron chi connectivity index (χ1n) is 9.54. The highest BCUT2D eigenvalue weighted by molar-refractivity contribution is 7.99. The molecular formula is C20H19N7O2S3. The van der Waals surface area contributed by atoms with Crippen molar-refractivity contribution in [1.82, 2.24) is 29.1 Å². The van der Waals surface area contributed by atoms with Crippen LogP contribution in [-0.4, -0.2) is 46.7 Å². The van der Waals surface area contributed by atoms with Crippen molar-refractivity contribution in [2.24, 2.45) is 7.05 Å². The summed E-state index contributed by atoms with van der Waals surface area (Å²) in [5.41, 5.74) is 1.34. The Balaban J connectivity index is 1.62. The maximum absolute atomic E-state index is 13.1. The molecule has 0 aliphatic rings. The van der Waals surface area contributed by atoms with Crippen LogP contribution in [0.4, 0.5) is 5.13 Å². The smallest absolute Gasteiger partial charge is 0.277 e. The van der Waals surface area contributed by atoms with E-state index < -0.39 is 0 Å². The van der Waals surface area contributed by atoms with Gasteiger partial charge in [0.2, 0.25) is 5.13 Å². The van der Waals surface area contributed by atoms with Crippen LogP contribution in [-0.2, 0) is 13.5 Å². The van der Waals surface area contributed by atoms with Crippen LogP contribution in [0.5, 0.6) is 0 Å². The number of hydrogen-bond donors (Lipinski definition) is 2. The molecule has 0 bridgehead atoms. The number of benzene rings is 1. The van der Waals surface area contributed by atoms with Gasteiger partial charge in [-0.25, -0.2) is 9.97 Å². The van der Waals surface area contributed by atoms with Crippen LogP contribution in [0.15, 0.2) is 62.7 Å². The molecule has 0 saturated heterocycles. The predicted octanol–water partition coefficient (Wildman–Crippen LogP) is 3.46. The van der Waals surface area contributed by atoms with Crippen molar-refractivity contribution < 1.29 is 9.90 Å². The third-order valence-corrected chi connectivity index (χ3v) is 6.98. The van der Waals surface area contributed by atoms with E-state index in [0.717, 1.165) is 22.0 Å². The van der Waals surface area contributed by atoms with E-state index >= 15 is 0 Å². The molecular weight excluding hydrogens is 466 g/mol. The Morgan fingerprint density at radius 2 is 1.97 bits per heavy atom. The second-order valence-corrected chi connectivity index (χ2v) is 9.50. The summed E-state index contributed by atoms with van der Waals surface area (Å²) in [5.74, 6) is 0.239. The molecule has 1 amide bonds. The Morgan fingerprint density at radius 1 is 1.16 bits per heavy atom. The summed E-state index contributed by atoms with van der Waals surface area (Å²) >= 11 is 3.89. The summed E-state index contributed by atoms with van der Waals surface area (Å²) in [4.78, 5) is 23.6. The van der Waals surface area contributed by atoms with Crippen LogP contribution in [0, 0.1) is 6.92 Å². The van der Waals surface area contributed by atoms with Gasteiger partial charge in [0.05, 0.1) is 0 Å². The fourth-order valence-corrected chi connectivity index (χ4v) is 4.88. The Labute approximate surface area is 196 Å². The number of carbonyl (C=O) groups excluding carboxylic acids is 1. The quantitative estimate of drug-likeness (QED) is 0.387. The first-order valence-corrected chi connectivity index (χ1v) is 11.9. The van der Waals surface area contributed by atoms with Crippen LogP contribution in [0.1, 0.15) is 21.9 Å². The normalized spacial score (nSPS) is 11.0. The van der Waals surface area contributed by atoms with Crippen molar-refractivity contribution in [2.45, 2.75) is 33.3 Å². The Hall–Kier alpha value is -2.80. The van der Waals surface area contributed by atoms with E-state index in [-0.39, 0.29) is 18.2 Å². The lowest BCUT2D eigenvalue weighted by atomic mass is 10.2. The molecule has 164 valence electrons. The van der Waals surface area contributed by atoms with Crippen molar-refractivity contribution in [1.29, 1.82) is 0 Å². The van der Waals surface area contributed by atoms with Gasteiger partial charge in [-0.2, -0.15) is 4.37 Å². The van der Waals surface area contributed by atoms with Gasteiger partial charge >= 0.3 is 0 Å². The number of aliphatic hydroxyl groups is 1. The highest BCUT2D eigenvalue weighted by Crippen LogP contribution is 2.33. The van der Waals surface area contributed by atoms with Gasteiger partial charge < -0.3 is 9.67 Å². The highest BCUT2D eigenvalue weighted by atomic mass is 32.2. The Kier molecular flexibility index (Phi) is 7.15. The number of rotatable bonds is 8. The number of aromatic nitrogens is 6. The van der Waals surface area contributed by atoms with Crippen LogP contribution in [0.25, 0.3) is 0 Å². The molecule has 2 N–H and O–H groups in total. The first-order chi connectivity index (χ1) is 15.5. The minimum atomic E-state index is -0.360. The maximum Gasteiger partial charge on any atom is 0.277 e. The monoisotopic (exact) mass is 485 g/mol. The van der Waals surface area contributed by atoms with Gasteiger partial charge in [0.25, 0.3) is 5.91 Å². The molecule has 4 rings (SSSR count). The molecule has 3 aromatic heterocycles. The molecule has 3 heterocycles. The van der Waals surface area contributed by atoms with E-state index in [1.807, 2.05) is 43.4 Å². The van der Waals surface area contributed by atoms with Gasteiger partial charge in [0.1, 0.15) is 22.9 Å². The number of anilines is 1. The second-order valence-electron chi connectivity index (χ2n) is 6.64. The largest absolute Gasteiger partial charge is 0.396 e. The third-order valence-electron chi connectivity index (χ3n) is 4.21. The minimum Gasteiger partial charge on any atom is -0.396 e. The van der Waals surface area contributed by atoms with E-state index in [1.54, 1.807) is 17.8 Å². The van der Waals surface area contributed by atoms with Crippen LogP contribution in [0.3, 0.4) is 0 Å². The van der Waals surface area contributed by atoms with Gasteiger partial charge in [-0.05, 0) is 54.9 Å². The number of pyridine rings is 1. The zero-order chi connectivity index (χ0) is 22.5. The lowest BCUT2D eigenvalue weighted by molar-refractivity contribution is 0.101. The number of nitrogens with zero attached hydrogens (tertiary/aromatic N) is 6. The highest BCUT2D eigenvalue weighted by Gasteiger charge is 2.18. The van der Waals surface area contributed by atoms with E-state index in [4.69, 9.17) is 5.11 Å². The molecule has 12 heteroatoms. The topological polar surface area (TPSA) is 119 Å². The van der Waals surface area contributed by atoms with E-state index in [1.165, 1.54) is 23.5 Å². The summed E-state index contributed by atoms with van der Waals surface area (Å²) in [6, 6.07) is 11.6. The lowest BCUT2D eigenvalue weighted by Crippen LogP contribution is -2.15. The summed E-state index contributed by atoms with van der Waals surface area (Å²) in [7, 11) is 1.85. The van der Waals surface area contributed by atoms with Crippen molar-refractivity contribution >= 4 is 46.1 Å². The molecule has 4 aromatic rings. The standard InChI is InChI=1S/C20H19N7O2S3/c1-12-22-19(32-26-12)24-18(29)17-15(30-14-5-3-13(4-6-14)9-10-28)7-8-16(23-17)31-20-25-21-11-27(20)2/h3-8,11,28H,9-10H2,1-2H3,(H,22,24,26,29). The minimum absolute atomic E-state index is 0.108. The van der Waals surface area contributed by atoms with Gasteiger partial charge in [0, 0.05) is 35.0 Å². The zero-order valence-corrected chi connectivity index (χ0v) is 19.7. The molecule has 0 spiro atoms. The average molecular weight is 486 g/mol. The lowest BCUT2D eigenvalue weighted by Gasteiger charge is -2.10. The van der Waals surface area contributed by atoms with Gasteiger partial charge in [0.15, 0.2) is 5.16 Å². The first kappa shape index (κ1) is 22.4. The average Bonchev–Trinajstić information content (AvgIpc) is 3.38. The van der Waals surface area contributed by atoms with Crippen molar-refractivity contribution in [3.05, 3.63) is 59.8 Å². The van der Waals surface area contributed by atoms with E-state index in [9.17, 15) is 4.79 Å². The summed E-state index contributed by atoms with van der Waals surface area (Å²) in [5, 5.41) is 21.6. The number of aryl methyl sites for hydroxylation is 2. The molecule has 0 radical (unpaired) electrons. The molecule has 0 fully saturated rings. The molecule has 0 aliphatic carbocycles. The summed E-state index contributed by atoms with van der Waals surface area (Å²) < 4.78 is 5.89. The van der Waals surface area contributed by atoms with Crippen LogP contribution >= 0.6 is 35.1 Å². The fraction of sp³-hybridized carbons (Fsp3) is 0.200. The number of amides is 1.